The topological polar surface area (TPSA) is 176 Å². The largest absolute Gasteiger partial charge is 0.506 e. The average molecular weight is 579 g/mol. The summed E-state index contributed by atoms with van der Waals surface area (Å²) in [5.41, 5.74) is 2.11. The van der Waals surface area contributed by atoms with Crippen molar-refractivity contribution in [3.63, 3.8) is 0 Å². The van der Waals surface area contributed by atoms with Gasteiger partial charge in [0.25, 0.3) is 0 Å². The molecule has 41 heavy (non-hydrogen) atoms. The Balaban J connectivity index is 1.52. The Hall–Kier alpha value is -4.43. The highest BCUT2D eigenvalue weighted by atomic mass is 32.1. The van der Waals surface area contributed by atoms with Gasteiger partial charge in [0.1, 0.15) is 17.5 Å². The molecule has 1 aliphatic heterocycles. The predicted octanol–water partition coefficient (Wildman–Crippen LogP) is 4.46. The summed E-state index contributed by atoms with van der Waals surface area (Å²) < 4.78 is 5.91. The lowest BCUT2D eigenvalue weighted by Gasteiger charge is -2.38. The summed E-state index contributed by atoms with van der Waals surface area (Å²) in [5, 5.41) is 24.8. The summed E-state index contributed by atoms with van der Waals surface area (Å²) in [5.74, 6) is 1.50. The Morgan fingerprint density at radius 1 is 1.15 bits per heavy atom. The molecule has 1 aromatic carbocycles. The fourth-order valence-corrected chi connectivity index (χ4v) is 5.55. The van der Waals surface area contributed by atoms with E-state index < -0.39 is 17.9 Å². The van der Waals surface area contributed by atoms with Crippen molar-refractivity contribution in [1.82, 2.24) is 30.2 Å². The molecule has 14 heteroatoms. The van der Waals surface area contributed by atoms with Gasteiger partial charge in [-0.05, 0) is 44.5 Å². The van der Waals surface area contributed by atoms with Gasteiger partial charge in [0, 0.05) is 62.2 Å². The third-order valence-electron chi connectivity index (χ3n) is 6.79. The van der Waals surface area contributed by atoms with Crippen LogP contribution in [0.25, 0.3) is 32.7 Å². The number of hydrogen-bond acceptors (Lipinski definition) is 11. The lowest BCUT2D eigenvalue weighted by molar-refractivity contribution is -0.0215. The van der Waals surface area contributed by atoms with Gasteiger partial charge in [-0.3, -0.25) is 5.32 Å². The van der Waals surface area contributed by atoms with Crippen LogP contribution < -0.4 is 15.5 Å². The zero-order chi connectivity index (χ0) is 29.1. The molecule has 0 radical (unpaired) electrons. The minimum absolute atomic E-state index is 0.319. The normalized spacial score (nSPS) is 15.4. The molecule has 4 heterocycles. The molecule has 1 unspecified atom stereocenters. The molecule has 0 saturated carbocycles. The number of aliphatic hydroxyl groups is 1. The van der Waals surface area contributed by atoms with E-state index in [0.29, 0.717) is 66.2 Å². The van der Waals surface area contributed by atoms with Gasteiger partial charge < -0.3 is 25.2 Å². The summed E-state index contributed by atoms with van der Waals surface area (Å²) in [4.78, 5) is 48.0. The van der Waals surface area contributed by atoms with Crippen LogP contribution in [-0.2, 0) is 4.74 Å². The maximum atomic E-state index is 12.2. The summed E-state index contributed by atoms with van der Waals surface area (Å²) >= 11 is 1.32. The molecule has 4 aromatic rings. The minimum atomic E-state index is -1.27. The molecule has 2 amide bonds. The molecule has 0 bridgehead atoms. The maximum Gasteiger partial charge on any atom is 0.506 e. The number of nitrogens with zero attached hydrogens (tertiary/aromatic N) is 6. The van der Waals surface area contributed by atoms with Crippen LogP contribution in [0.2, 0.25) is 0 Å². The van der Waals surface area contributed by atoms with Gasteiger partial charge in [0.2, 0.25) is 0 Å². The Labute approximate surface area is 239 Å². The molecular weight excluding hydrogens is 548 g/mol. The molecule has 1 aliphatic rings. The lowest BCUT2D eigenvalue weighted by atomic mass is 9.93. The number of amides is 2. The number of ether oxygens (including phenoxy) is 1. The number of rotatable bonds is 7. The van der Waals surface area contributed by atoms with E-state index in [1.54, 1.807) is 32.4 Å². The summed E-state index contributed by atoms with van der Waals surface area (Å²) in [6.07, 6.45) is 3.97. The number of carboxylic acid groups (broad SMARTS) is 1. The van der Waals surface area contributed by atoms with Crippen molar-refractivity contribution in [1.29, 1.82) is 0 Å². The standard InChI is InChI=1S/C27H30N8O5S/c1-4-28-24(37)34-25-32-19-12-16(17-13-30-22(15(2)36)31-14-17)11-18(21(19)41-25)23-29-8-5-20(33-23)35-9-6-27(3,7-10-35)40-26(38)39/h5,8,11-15,36H,4,6-7,9-10H2,1-3H3,(H,38,39)(H2,28,32,34,37). The first kappa shape index (κ1) is 28.1. The van der Waals surface area contributed by atoms with Crippen LogP contribution in [0.3, 0.4) is 0 Å². The van der Waals surface area contributed by atoms with Gasteiger partial charge in [-0.1, -0.05) is 11.3 Å². The van der Waals surface area contributed by atoms with E-state index in [1.807, 2.05) is 25.1 Å². The van der Waals surface area contributed by atoms with Crippen LogP contribution in [0.5, 0.6) is 0 Å². The van der Waals surface area contributed by atoms with Gasteiger partial charge in [-0.15, -0.1) is 0 Å². The maximum absolute atomic E-state index is 12.2. The van der Waals surface area contributed by atoms with Gasteiger partial charge in [-0.25, -0.2) is 34.5 Å². The SMILES string of the molecule is CCNC(=O)Nc1nc2cc(-c3cnc(C(C)O)nc3)cc(-c3nccc(N4CCC(C)(OC(=O)O)CC4)n3)c2s1. The molecule has 3 aromatic heterocycles. The predicted molar refractivity (Wildman–Crippen MR) is 154 cm³/mol. The first-order valence-electron chi connectivity index (χ1n) is 13.1. The first-order chi connectivity index (χ1) is 19.6. The second kappa shape index (κ2) is 11.6. The van der Waals surface area contributed by atoms with Gasteiger partial charge in [0.15, 0.2) is 16.8 Å². The number of aliphatic hydroxyl groups excluding tert-OH is 1. The third-order valence-corrected chi connectivity index (χ3v) is 7.81. The van der Waals surface area contributed by atoms with Crippen LogP contribution >= 0.6 is 11.3 Å². The van der Waals surface area contributed by atoms with Crippen LogP contribution in [0.15, 0.2) is 36.8 Å². The van der Waals surface area contributed by atoms with E-state index in [2.05, 4.69) is 35.5 Å². The minimum Gasteiger partial charge on any atom is -0.450 e. The van der Waals surface area contributed by atoms with Crippen LogP contribution in [0, 0.1) is 0 Å². The number of aromatic nitrogens is 5. The molecule has 5 rings (SSSR count). The van der Waals surface area contributed by atoms with Gasteiger partial charge >= 0.3 is 12.2 Å². The first-order valence-corrected chi connectivity index (χ1v) is 14.0. The highest BCUT2D eigenvalue weighted by Crippen LogP contribution is 2.38. The van der Waals surface area contributed by atoms with Crippen molar-refractivity contribution in [3.05, 3.63) is 42.6 Å². The molecule has 4 N–H and O–H groups in total. The summed E-state index contributed by atoms with van der Waals surface area (Å²) in [6.45, 7) is 6.87. The molecule has 214 valence electrons. The van der Waals surface area contributed by atoms with Crippen molar-refractivity contribution >= 4 is 44.7 Å². The molecule has 1 saturated heterocycles. The fraction of sp³-hybridized carbons (Fsp3) is 0.370. The second-order valence-corrected chi connectivity index (χ2v) is 10.9. The molecular formula is C27H30N8O5S. The molecule has 0 spiro atoms. The van der Waals surface area contributed by atoms with Crippen molar-refractivity contribution < 1.29 is 24.5 Å². The highest BCUT2D eigenvalue weighted by molar-refractivity contribution is 7.22. The second-order valence-electron chi connectivity index (χ2n) is 9.92. The number of benzene rings is 1. The van der Waals surface area contributed by atoms with Crippen molar-refractivity contribution in [2.75, 3.05) is 29.9 Å². The van der Waals surface area contributed by atoms with Crippen molar-refractivity contribution in [2.45, 2.75) is 45.3 Å². The van der Waals surface area contributed by atoms with Crippen LogP contribution in [-0.4, -0.2) is 72.6 Å². The van der Waals surface area contributed by atoms with Gasteiger partial charge in [0.05, 0.1) is 10.2 Å². The number of thiazole rings is 1. The monoisotopic (exact) mass is 578 g/mol. The van der Waals surface area contributed by atoms with E-state index in [-0.39, 0.29) is 6.03 Å². The number of hydrogen-bond donors (Lipinski definition) is 4. The van der Waals surface area contributed by atoms with E-state index in [4.69, 9.17) is 14.8 Å². The Morgan fingerprint density at radius 2 is 1.88 bits per heavy atom. The summed E-state index contributed by atoms with van der Waals surface area (Å²) in [6, 6.07) is 5.29. The van der Waals surface area contributed by atoms with Crippen LogP contribution in [0.4, 0.5) is 20.5 Å². The summed E-state index contributed by atoms with van der Waals surface area (Å²) in [7, 11) is 0. The van der Waals surface area contributed by atoms with E-state index >= 15 is 0 Å². The quantitative estimate of drug-likeness (QED) is 0.228. The Kier molecular flexibility index (Phi) is 7.94. The number of anilines is 2. The van der Waals surface area contributed by atoms with E-state index in [0.717, 1.165) is 15.8 Å². The van der Waals surface area contributed by atoms with Crippen LogP contribution in [0.1, 0.15) is 45.5 Å². The Bertz CT molecular complexity index is 1570. The molecule has 13 nitrogen and oxygen atoms in total. The smallest absolute Gasteiger partial charge is 0.450 e. The number of fused-ring (bicyclic) bond motifs is 1. The highest BCUT2D eigenvalue weighted by Gasteiger charge is 2.34. The zero-order valence-electron chi connectivity index (χ0n) is 22.8. The van der Waals surface area contributed by atoms with Crippen molar-refractivity contribution in [3.8, 4) is 22.5 Å². The fourth-order valence-electron chi connectivity index (χ4n) is 4.60. The van der Waals surface area contributed by atoms with E-state index in [9.17, 15) is 14.7 Å². The number of piperidine rings is 1. The number of carbonyl (C=O) groups excluding carboxylic acids is 1. The third kappa shape index (κ3) is 6.33. The number of carbonyl (C=O) groups is 2. The average Bonchev–Trinajstić information content (AvgIpc) is 3.34. The molecule has 0 aliphatic carbocycles. The number of urea groups is 1. The molecule has 1 atom stereocenters. The lowest BCUT2D eigenvalue weighted by Crippen LogP contribution is -2.45. The molecule has 1 fully saturated rings. The Morgan fingerprint density at radius 3 is 2.54 bits per heavy atom. The van der Waals surface area contributed by atoms with Gasteiger partial charge in [-0.2, -0.15) is 0 Å². The van der Waals surface area contributed by atoms with Crippen molar-refractivity contribution in [2.24, 2.45) is 0 Å². The zero-order valence-corrected chi connectivity index (χ0v) is 23.6. The van der Waals surface area contributed by atoms with E-state index in [1.165, 1.54) is 11.3 Å². The number of nitrogens with one attached hydrogen (secondary N) is 2.